The molecular weight excluding hydrogens is 408 g/mol. The van der Waals surface area contributed by atoms with Crippen LogP contribution in [0.5, 0.6) is 0 Å². The van der Waals surface area contributed by atoms with Crippen molar-refractivity contribution in [2.24, 2.45) is 0 Å². The molecule has 1 fully saturated rings. The van der Waals surface area contributed by atoms with Gasteiger partial charge in [-0.15, -0.1) is 0 Å². The van der Waals surface area contributed by atoms with Crippen LogP contribution in [0.4, 0.5) is 13.9 Å². The standard InChI is InChI=1S/C22H23F2N3O2S/c23-17-14-18(24)21-19(15-17)30-22(25-21)27(9-8-26-10-12-29-13-11-26)20(28)7-6-16-4-2-1-3-5-16/h1-5,14-15H,6-13H2. The van der Waals surface area contributed by atoms with E-state index >= 15 is 0 Å². The van der Waals surface area contributed by atoms with Gasteiger partial charge in [0.05, 0.1) is 17.9 Å². The molecule has 0 bridgehead atoms. The Bertz CT molecular complexity index is 1010. The summed E-state index contributed by atoms with van der Waals surface area (Å²) in [5.41, 5.74) is 1.18. The Balaban J connectivity index is 1.54. The van der Waals surface area contributed by atoms with Gasteiger partial charge in [0.25, 0.3) is 0 Å². The number of fused-ring (bicyclic) bond motifs is 1. The molecule has 2 heterocycles. The number of nitrogens with zero attached hydrogens (tertiary/aromatic N) is 3. The minimum absolute atomic E-state index is 0.0768. The second-order valence-electron chi connectivity index (χ2n) is 7.22. The fraction of sp³-hybridized carbons (Fsp3) is 0.364. The molecule has 0 radical (unpaired) electrons. The second-order valence-corrected chi connectivity index (χ2v) is 8.22. The number of hydrogen-bond donors (Lipinski definition) is 0. The van der Waals surface area contributed by atoms with Gasteiger partial charge in [0.1, 0.15) is 11.3 Å². The van der Waals surface area contributed by atoms with Gasteiger partial charge in [-0.3, -0.25) is 14.6 Å². The van der Waals surface area contributed by atoms with Gasteiger partial charge in [-0.2, -0.15) is 0 Å². The van der Waals surface area contributed by atoms with Crippen molar-refractivity contribution in [3.05, 3.63) is 59.7 Å². The zero-order chi connectivity index (χ0) is 20.9. The van der Waals surface area contributed by atoms with Crippen LogP contribution in [0.1, 0.15) is 12.0 Å². The third kappa shape index (κ3) is 5.00. The summed E-state index contributed by atoms with van der Waals surface area (Å²) in [6.45, 7) is 4.09. The lowest BCUT2D eigenvalue weighted by molar-refractivity contribution is -0.118. The van der Waals surface area contributed by atoms with E-state index in [9.17, 15) is 13.6 Å². The third-order valence-electron chi connectivity index (χ3n) is 5.15. The lowest BCUT2D eigenvalue weighted by Gasteiger charge is -2.29. The minimum atomic E-state index is -0.711. The van der Waals surface area contributed by atoms with Crippen LogP contribution in [0, 0.1) is 11.6 Å². The molecule has 8 heteroatoms. The van der Waals surface area contributed by atoms with Crippen molar-refractivity contribution in [1.29, 1.82) is 0 Å². The summed E-state index contributed by atoms with van der Waals surface area (Å²) in [5.74, 6) is -1.44. The molecule has 0 saturated carbocycles. The molecule has 4 rings (SSSR count). The average Bonchev–Trinajstić information content (AvgIpc) is 3.18. The summed E-state index contributed by atoms with van der Waals surface area (Å²) in [5, 5.41) is 0.404. The predicted octanol–water partition coefficient (Wildman–Crippen LogP) is 3.87. The number of carbonyl (C=O) groups is 1. The van der Waals surface area contributed by atoms with Gasteiger partial charge in [-0.25, -0.2) is 13.8 Å². The van der Waals surface area contributed by atoms with E-state index in [0.717, 1.165) is 36.1 Å². The predicted molar refractivity (Wildman–Crippen MR) is 114 cm³/mol. The van der Waals surface area contributed by atoms with Crippen molar-refractivity contribution in [2.45, 2.75) is 12.8 Å². The molecule has 158 valence electrons. The van der Waals surface area contributed by atoms with Crippen LogP contribution in [0.15, 0.2) is 42.5 Å². The number of rotatable bonds is 7. The lowest BCUT2D eigenvalue weighted by atomic mass is 10.1. The number of thiazole rings is 1. The zero-order valence-electron chi connectivity index (χ0n) is 16.5. The molecule has 0 atom stereocenters. The fourth-order valence-corrected chi connectivity index (χ4v) is 4.53. The minimum Gasteiger partial charge on any atom is -0.379 e. The Hall–Kier alpha value is -2.42. The lowest BCUT2D eigenvalue weighted by Crippen LogP contribution is -2.43. The van der Waals surface area contributed by atoms with Crippen molar-refractivity contribution < 1.29 is 18.3 Å². The third-order valence-corrected chi connectivity index (χ3v) is 6.17. The van der Waals surface area contributed by atoms with Crippen LogP contribution < -0.4 is 4.90 Å². The number of aromatic nitrogens is 1. The molecule has 0 unspecified atom stereocenters. The van der Waals surface area contributed by atoms with E-state index in [0.29, 0.717) is 49.0 Å². The van der Waals surface area contributed by atoms with Gasteiger partial charge in [0.15, 0.2) is 10.9 Å². The smallest absolute Gasteiger partial charge is 0.229 e. The van der Waals surface area contributed by atoms with Crippen LogP contribution in [-0.2, 0) is 16.0 Å². The number of anilines is 1. The van der Waals surface area contributed by atoms with Crippen LogP contribution in [0.2, 0.25) is 0 Å². The quantitative estimate of drug-likeness (QED) is 0.570. The summed E-state index contributed by atoms with van der Waals surface area (Å²) in [6, 6.07) is 11.9. The van der Waals surface area contributed by atoms with Crippen molar-refractivity contribution in [3.8, 4) is 0 Å². The zero-order valence-corrected chi connectivity index (χ0v) is 17.3. The molecule has 1 aliphatic heterocycles. The average molecular weight is 432 g/mol. The largest absolute Gasteiger partial charge is 0.379 e. The summed E-state index contributed by atoms with van der Waals surface area (Å²) in [4.78, 5) is 21.3. The highest BCUT2D eigenvalue weighted by Gasteiger charge is 2.22. The maximum absolute atomic E-state index is 14.1. The Morgan fingerprint density at radius 2 is 1.93 bits per heavy atom. The Morgan fingerprint density at radius 1 is 1.17 bits per heavy atom. The molecule has 3 aromatic rings. The highest BCUT2D eigenvalue weighted by molar-refractivity contribution is 7.22. The van der Waals surface area contributed by atoms with Crippen LogP contribution in [0.3, 0.4) is 0 Å². The normalized spacial score (nSPS) is 14.9. The number of hydrogen-bond acceptors (Lipinski definition) is 5. The first-order valence-corrected chi connectivity index (χ1v) is 10.8. The number of morpholine rings is 1. The van der Waals surface area contributed by atoms with Gasteiger partial charge in [-0.05, 0) is 18.1 Å². The first kappa shape index (κ1) is 20.8. The SMILES string of the molecule is O=C(CCc1ccccc1)N(CCN1CCOCC1)c1nc2c(F)cc(F)cc2s1. The summed E-state index contributed by atoms with van der Waals surface area (Å²) in [6.07, 6.45) is 0.932. The number of ether oxygens (including phenoxy) is 1. The molecule has 1 aromatic heterocycles. The Labute approximate surface area is 177 Å². The topological polar surface area (TPSA) is 45.7 Å². The maximum atomic E-state index is 14.1. The molecule has 0 spiro atoms. The van der Waals surface area contributed by atoms with Crippen LogP contribution in [-0.4, -0.2) is 55.2 Å². The maximum Gasteiger partial charge on any atom is 0.229 e. The second kappa shape index (κ2) is 9.59. The molecule has 1 aliphatic rings. The number of amides is 1. The van der Waals surface area contributed by atoms with E-state index in [-0.39, 0.29) is 11.4 Å². The van der Waals surface area contributed by atoms with Crippen LogP contribution in [0.25, 0.3) is 10.2 Å². The van der Waals surface area contributed by atoms with E-state index in [1.54, 1.807) is 4.90 Å². The summed E-state index contributed by atoms with van der Waals surface area (Å²) < 4.78 is 33.5. The number of carbonyl (C=O) groups excluding carboxylic acids is 1. The van der Waals surface area contributed by atoms with Crippen molar-refractivity contribution in [1.82, 2.24) is 9.88 Å². The monoisotopic (exact) mass is 431 g/mol. The molecule has 1 saturated heterocycles. The van der Waals surface area contributed by atoms with E-state index in [4.69, 9.17) is 4.74 Å². The molecule has 30 heavy (non-hydrogen) atoms. The number of aryl methyl sites for hydroxylation is 1. The first-order chi connectivity index (χ1) is 14.6. The first-order valence-electron chi connectivity index (χ1n) is 10.00. The van der Waals surface area contributed by atoms with E-state index < -0.39 is 11.6 Å². The Kier molecular flexibility index (Phi) is 6.66. The molecule has 5 nitrogen and oxygen atoms in total. The van der Waals surface area contributed by atoms with Crippen molar-refractivity contribution in [3.63, 3.8) is 0 Å². The van der Waals surface area contributed by atoms with Crippen molar-refractivity contribution >= 4 is 32.6 Å². The van der Waals surface area contributed by atoms with Gasteiger partial charge in [-0.1, -0.05) is 41.7 Å². The molecule has 0 N–H and O–H groups in total. The summed E-state index contributed by atoms with van der Waals surface area (Å²) in [7, 11) is 0. The highest BCUT2D eigenvalue weighted by Crippen LogP contribution is 2.31. The van der Waals surface area contributed by atoms with E-state index in [1.807, 2.05) is 30.3 Å². The highest BCUT2D eigenvalue weighted by atomic mass is 32.1. The molecule has 2 aromatic carbocycles. The fourth-order valence-electron chi connectivity index (χ4n) is 3.49. The van der Waals surface area contributed by atoms with E-state index in [2.05, 4.69) is 9.88 Å². The molecular formula is C22H23F2N3O2S. The molecule has 0 aliphatic carbocycles. The summed E-state index contributed by atoms with van der Waals surface area (Å²) >= 11 is 1.14. The molecule has 1 amide bonds. The van der Waals surface area contributed by atoms with Gasteiger partial charge in [0.2, 0.25) is 5.91 Å². The van der Waals surface area contributed by atoms with Gasteiger partial charge in [0, 0.05) is 38.7 Å². The Morgan fingerprint density at radius 3 is 2.70 bits per heavy atom. The van der Waals surface area contributed by atoms with Crippen LogP contribution >= 0.6 is 11.3 Å². The number of halogens is 2. The number of benzene rings is 2. The van der Waals surface area contributed by atoms with Gasteiger partial charge < -0.3 is 4.74 Å². The van der Waals surface area contributed by atoms with Crippen molar-refractivity contribution in [2.75, 3.05) is 44.3 Å². The van der Waals surface area contributed by atoms with Gasteiger partial charge >= 0.3 is 0 Å². The van der Waals surface area contributed by atoms with E-state index in [1.165, 1.54) is 6.07 Å².